The van der Waals surface area contributed by atoms with Gasteiger partial charge in [-0.2, -0.15) is 0 Å². The fourth-order valence-electron chi connectivity index (χ4n) is 3.67. The van der Waals surface area contributed by atoms with Crippen molar-refractivity contribution >= 4 is 22.5 Å². The number of anilines is 1. The van der Waals surface area contributed by atoms with Crippen LogP contribution in [0.15, 0.2) is 35.4 Å². The molecule has 0 spiro atoms. The number of ether oxygens (including phenoxy) is 2. The SMILES string of the molecule is COCc1cc2c(c(-c3cn(C)c(=O)c4[nH]ccc34)c1)OC(C(C)C)C(=O)N2. The van der Waals surface area contributed by atoms with Crippen LogP contribution in [0.2, 0.25) is 0 Å². The average molecular weight is 381 g/mol. The van der Waals surface area contributed by atoms with Gasteiger partial charge >= 0.3 is 0 Å². The van der Waals surface area contributed by atoms with Gasteiger partial charge in [-0.05, 0) is 29.7 Å². The second kappa shape index (κ2) is 6.83. The number of amides is 1. The summed E-state index contributed by atoms with van der Waals surface area (Å²) in [4.78, 5) is 27.9. The van der Waals surface area contributed by atoms with Crippen molar-refractivity contribution in [1.82, 2.24) is 9.55 Å². The van der Waals surface area contributed by atoms with Crippen LogP contribution in [0.1, 0.15) is 19.4 Å². The highest BCUT2D eigenvalue weighted by Gasteiger charge is 2.32. The van der Waals surface area contributed by atoms with Crippen molar-refractivity contribution < 1.29 is 14.3 Å². The minimum atomic E-state index is -0.575. The number of hydrogen-bond acceptors (Lipinski definition) is 4. The Morgan fingerprint density at radius 3 is 2.75 bits per heavy atom. The normalized spacial score (nSPS) is 16.2. The van der Waals surface area contributed by atoms with E-state index in [9.17, 15) is 9.59 Å². The number of benzene rings is 1. The molecule has 3 aromatic rings. The van der Waals surface area contributed by atoms with Gasteiger partial charge in [0, 0.05) is 43.1 Å². The number of pyridine rings is 1. The molecule has 0 saturated heterocycles. The molecule has 3 heterocycles. The van der Waals surface area contributed by atoms with Crippen LogP contribution in [0, 0.1) is 5.92 Å². The van der Waals surface area contributed by atoms with Crippen LogP contribution in [0.3, 0.4) is 0 Å². The Kier molecular flexibility index (Phi) is 4.47. The highest BCUT2D eigenvalue weighted by molar-refractivity contribution is 6.03. The van der Waals surface area contributed by atoms with Crippen molar-refractivity contribution in [2.75, 3.05) is 12.4 Å². The summed E-state index contributed by atoms with van der Waals surface area (Å²) in [7, 11) is 3.34. The number of nitrogens with one attached hydrogen (secondary N) is 2. The first-order valence-electron chi connectivity index (χ1n) is 9.21. The maximum atomic E-state index is 12.5. The maximum Gasteiger partial charge on any atom is 0.274 e. The number of aromatic nitrogens is 2. The van der Waals surface area contributed by atoms with Crippen LogP contribution in [0.5, 0.6) is 5.75 Å². The zero-order valence-corrected chi connectivity index (χ0v) is 16.3. The molecule has 28 heavy (non-hydrogen) atoms. The summed E-state index contributed by atoms with van der Waals surface area (Å²) in [5.41, 5.74) is 3.62. The number of fused-ring (bicyclic) bond motifs is 2. The zero-order chi connectivity index (χ0) is 20.0. The van der Waals surface area contributed by atoms with Crippen LogP contribution in [-0.4, -0.2) is 28.7 Å². The fraction of sp³-hybridized carbons (Fsp3) is 0.333. The number of hydrogen-bond donors (Lipinski definition) is 2. The molecule has 4 rings (SSSR count). The number of carbonyl (C=O) groups is 1. The van der Waals surface area contributed by atoms with Crippen molar-refractivity contribution in [3.8, 4) is 16.9 Å². The molecule has 0 bridgehead atoms. The molecule has 1 amide bonds. The largest absolute Gasteiger partial charge is 0.477 e. The molecule has 1 aromatic carbocycles. The third-order valence-corrected chi connectivity index (χ3v) is 5.01. The molecular formula is C21H23N3O4. The molecule has 0 aliphatic carbocycles. The van der Waals surface area contributed by atoms with E-state index in [1.165, 1.54) is 0 Å². The molecule has 7 heteroatoms. The van der Waals surface area contributed by atoms with Crippen LogP contribution >= 0.6 is 0 Å². The van der Waals surface area contributed by atoms with Crippen molar-refractivity contribution in [3.05, 3.63) is 46.5 Å². The monoisotopic (exact) mass is 381 g/mol. The predicted molar refractivity (Wildman–Crippen MR) is 108 cm³/mol. The van der Waals surface area contributed by atoms with Crippen molar-refractivity contribution in [2.45, 2.75) is 26.6 Å². The standard InChI is InChI=1S/C21H23N3O4/c1-11(2)18-20(25)23-16-8-12(10-27-4)7-14(19(16)28-18)15-9-24(3)21(26)17-13(15)5-6-22-17/h5-9,11,18,22H,10H2,1-4H3,(H,23,25). The van der Waals surface area contributed by atoms with Gasteiger partial charge in [0.2, 0.25) is 0 Å². The fourth-order valence-corrected chi connectivity index (χ4v) is 3.67. The number of nitrogens with zero attached hydrogens (tertiary/aromatic N) is 1. The molecule has 0 fully saturated rings. The third kappa shape index (κ3) is 2.88. The summed E-state index contributed by atoms with van der Waals surface area (Å²) in [6.45, 7) is 4.29. The highest BCUT2D eigenvalue weighted by Crippen LogP contribution is 2.43. The molecule has 1 unspecified atom stereocenters. The lowest BCUT2D eigenvalue weighted by Gasteiger charge is -2.30. The summed E-state index contributed by atoms with van der Waals surface area (Å²) in [5.74, 6) is 0.474. The zero-order valence-electron chi connectivity index (χ0n) is 16.3. The second-order valence-corrected chi connectivity index (χ2v) is 7.45. The van der Waals surface area contributed by atoms with Crippen molar-refractivity contribution in [3.63, 3.8) is 0 Å². The van der Waals surface area contributed by atoms with E-state index in [0.717, 1.165) is 22.1 Å². The van der Waals surface area contributed by atoms with Crippen LogP contribution in [0.25, 0.3) is 22.0 Å². The van der Waals surface area contributed by atoms with Gasteiger partial charge in [-0.15, -0.1) is 0 Å². The van der Waals surface area contributed by atoms with Crippen LogP contribution in [0.4, 0.5) is 5.69 Å². The highest BCUT2D eigenvalue weighted by atomic mass is 16.5. The lowest BCUT2D eigenvalue weighted by Crippen LogP contribution is -2.40. The van der Waals surface area contributed by atoms with Gasteiger partial charge in [0.15, 0.2) is 11.9 Å². The van der Waals surface area contributed by atoms with E-state index in [4.69, 9.17) is 9.47 Å². The lowest BCUT2D eigenvalue weighted by molar-refractivity contribution is -0.125. The maximum absolute atomic E-state index is 12.5. The van der Waals surface area contributed by atoms with E-state index >= 15 is 0 Å². The van der Waals surface area contributed by atoms with Crippen molar-refractivity contribution in [1.29, 1.82) is 0 Å². The summed E-state index contributed by atoms with van der Waals surface area (Å²) < 4.78 is 13.0. The molecule has 146 valence electrons. The molecule has 2 aromatic heterocycles. The first-order chi connectivity index (χ1) is 13.4. The van der Waals surface area contributed by atoms with E-state index < -0.39 is 6.10 Å². The first-order valence-corrected chi connectivity index (χ1v) is 9.21. The summed E-state index contributed by atoms with van der Waals surface area (Å²) in [5, 5.41) is 3.78. The number of carbonyl (C=O) groups excluding carboxylic acids is 1. The molecule has 1 atom stereocenters. The third-order valence-electron chi connectivity index (χ3n) is 5.01. The van der Waals surface area contributed by atoms with E-state index in [-0.39, 0.29) is 17.4 Å². The molecular weight excluding hydrogens is 358 g/mol. The van der Waals surface area contributed by atoms with Gasteiger partial charge in [-0.25, -0.2) is 0 Å². The average Bonchev–Trinajstić information content (AvgIpc) is 3.13. The Labute approximate surface area is 162 Å². The lowest BCUT2D eigenvalue weighted by atomic mass is 9.97. The molecule has 2 N–H and O–H groups in total. The Hall–Kier alpha value is -3.06. The first kappa shape index (κ1) is 18.3. The van der Waals surface area contributed by atoms with Gasteiger partial charge in [0.25, 0.3) is 11.5 Å². The second-order valence-electron chi connectivity index (χ2n) is 7.45. The van der Waals surface area contributed by atoms with E-state index in [1.807, 2.05) is 32.0 Å². The number of methoxy groups -OCH3 is 1. The topological polar surface area (TPSA) is 85.3 Å². The van der Waals surface area contributed by atoms with Gasteiger partial charge in [0.1, 0.15) is 5.52 Å². The minimum Gasteiger partial charge on any atom is -0.477 e. The Morgan fingerprint density at radius 2 is 2.04 bits per heavy atom. The van der Waals surface area contributed by atoms with Crippen molar-refractivity contribution in [2.24, 2.45) is 13.0 Å². The number of aryl methyl sites for hydroxylation is 1. The van der Waals surface area contributed by atoms with E-state index in [1.54, 1.807) is 31.1 Å². The van der Waals surface area contributed by atoms with Gasteiger partial charge in [-0.3, -0.25) is 9.59 Å². The molecule has 1 aliphatic heterocycles. The smallest absolute Gasteiger partial charge is 0.274 e. The Morgan fingerprint density at radius 1 is 1.25 bits per heavy atom. The number of H-pyrrole nitrogens is 1. The predicted octanol–water partition coefficient (Wildman–Crippen LogP) is 3.04. The molecule has 0 radical (unpaired) electrons. The summed E-state index contributed by atoms with van der Waals surface area (Å²) >= 11 is 0. The van der Waals surface area contributed by atoms with Gasteiger partial charge in [0.05, 0.1) is 12.3 Å². The Balaban J connectivity index is 2.00. The van der Waals surface area contributed by atoms with Gasteiger partial charge in [-0.1, -0.05) is 13.8 Å². The number of aromatic amines is 1. The van der Waals surface area contributed by atoms with E-state index in [2.05, 4.69) is 10.3 Å². The summed E-state index contributed by atoms with van der Waals surface area (Å²) in [6.07, 6.45) is 2.98. The van der Waals surface area contributed by atoms with E-state index in [0.29, 0.717) is 23.6 Å². The Bertz CT molecular complexity index is 1130. The molecule has 1 aliphatic rings. The van der Waals surface area contributed by atoms with Crippen LogP contribution < -0.4 is 15.6 Å². The quantitative estimate of drug-likeness (QED) is 0.727. The number of rotatable bonds is 4. The van der Waals surface area contributed by atoms with Crippen LogP contribution in [-0.2, 0) is 23.2 Å². The molecule has 7 nitrogen and oxygen atoms in total. The minimum absolute atomic E-state index is 0.0204. The summed E-state index contributed by atoms with van der Waals surface area (Å²) in [6, 6.07) is 5.74. The molecule has 0 saturated carbocycles. The van der Waals surface area contributed by atoms with Gasteiger partial charge < -0.3 is 24.3 Å².